The third-order valence-corrected chi connectivity index (χ3v) is 5.06. The van der Waals surface area contributed by atoms with Gasteiger partial charge < -0.3 is 18.8 Å². The molecule has 1 aliphatic heterocycles. The van der Waals surface area contributed by atoms with E-state index in [4.69, 9.17) is 14.2 Å². The molecule has 0 atom stereocenters. The molecule has 2 heterocycles. The van der Waals surface area contributed by atoms with E-state index in [0.29, 0.717) is 32.7 Å². The van der Waals surface area contributed by atoms with Crippen molar-refractivity contribution in [3.05, 3.63) is 53.9 Å². The Morgan fingerprint density at radius 1 is 1.14 bits per heavy atom. The van der Waals surface area contributed by atoms with Crippen molar-refractivity contribution in [2.75, 3.05) is 19.8 Å². The predicted octanol–water partition coefficient (Wildman–Crippen LogP) is 4.07. The Morgan fingerprint density at radius 2 is 1.97 bits per heavy atom. The zero-order valence-corrected chi connectivity index (χ0v) is 16.7. The number of ether oxygens (including phenoxy) is 3. The van der Waals surface area contributed by atoms with Gasteiger partial charge in [-0.1, -0.05) is 18.2 Å². The highest BCUT2D eigenvalue weighted by Crippen LogP contribution is 2.30. The van der Waals surface area contributed by atoms with Gasteiger partial charge in [0.2, 0.25) is 0 Å². The summed E-state index contributed by atoms with van der Waals surface area (Å²) in [4.78, 5) is 16.7. The summed E-state index contributed by atoms with van der Waals surface area (Å²) in [6, 6.07) is 13.9. The molecule has 0 amide bonds. The SMILES string of the molecule is Cc1nc2ccccc2n1CCCOC(=O)CCc1ccc2c(c1)OCCCO2. The number of rotatable bonds is 7. The molecule has 4 rings (SSSR count). The minimum absolute atomic E-state index is 0.177. The lowest BCUT2D eigenvalue weighted by atomic mass is 10.1. The Hall–Kier alpha value is -3.02. The molecule has 3 aromatic rings. The van der Waals surface area contributed by atoms with Gasteiger partial charge in [-0.3, -0.25) is 4.79 Å². The number of aryl methyl sites for hydroxylation is 3. The van der Waals surface area contributed by atoms with Crippen LogP contribution in [0.1, 0.15) is 30.7 Å². The molecule has 1 aliphatic rings. The van der Waals surface area contributed by atoms with Gasteiger partial charge >= 0.3 is 5.97 Å². The molecule has 0 radical (unpaired) electrons. The first-order valence-electron chi connectivity index (χ1n) is 10.2. The fourth-order valence-electron chi connectivity index (χ4n) is 3.57. The van der Waals surface area contributed by atoms with Crippen LogP contribution < -0.4 is 9.47 Å². The molecular weight excluding hydrogens is 368 g/mol. The van der Waals surface area contributed by atoms with Gasteiger partial charge in [0.1, 0.15) is 5.82 Å². The summed E-state index contributed by atoms with van der Waals surface area (Å²) in [6.07, 6.45) is 2.62. The number of hydrogen-bond acceptors (Lipinski definition) is 5. The van der Waals surface area contributed by atoms with Crippen molar-refractivity contribution in [2.45, 2.75) is 39.2 Å². The van der Waals surface area contributed by atoms with Crippen molar-refractivity contribution < 1.29 is 19.0 Å². The molecule has 6 nitrogen and oxygen atoms in total. The van der Waals surface area contributed by atoms with E-state index in [1.807, 2.05) is 43.3 Å². The molecule has 0 fully saturated rings. The van der Waals surface area contributed by atoms with E-state index >= 15 is 0 Å². The summed E-state index contributed by atoms with van der Waals surface area (Å²) >= 11 is 0. The Labute approximate surface area is 170 Å². The number of para-hydroxylation sites is 2. The maximum absolute atomic E-state index is 12.1. The second-order valence-electron chi connectivity index (χ2n) is 7.20. The summed E-state index contributed by atoms with van der Waals surface area (Å²) in [5.74, 6) is 2.34. The zero-order valence-electron chi connectivity index (χ0n) is 16.7. The number of benzene rings is 2. The monoisotopic (exact) mass is 394 g/mol. The first kappa shape index (κ1) is 19.3. The van der Waals surface area contributed by atoms with Gasteiger partial charge in [0.25, 0.3) is 0 Å². The number of carbonyl (C=O) groups is 1. The van der Waals surface area contributed by atoms with E-state index in [1.54, 1.807) is 0 Å². The maximum Gasteiger partial charge on any atom is 0.306 e. The van der Waals surface area contributed by atoms with E-state index in [1.165, 1.54) is 0 Å². The lowest BCUT2D eigenvalue weighted by Gasteiger charge is -2.10. The average molecular weight is 394 g/mol. The lowest BCUT2D eigenvalue weighted by molar-refractivity contribution is -0.143. The number of hydrogen-bond donors (Lipinski definition) is 0. The van der Waals surface area contributed by atoms with Crippen LogP contribution in [0.15, 0.2) is 42.5 Å². The molecule has 1 aromatic heterocycles. The van der Waals surface area contributed by atoms with E-state index in [-0.39, 0.29) is 5.97 Å². The summed E-state index contributed by atoms with van der Waals surface area (Å²) in [5.41, 5.74) is 3.16. The largest absolute Gasteiger partial charge is 0.490 e. The fourth-order valence-corrected chi connectivity index (χ4v) is 3.57. The van der Waals surface area contributed by atoms with Gasteiger partial charge in [-0.2, -0.15) is 0 Å². The normalized spacial score (nSPS) is 13.3. The molecule has 29 heavy (non-hydrogen) atoms. The van der Waals surface area contributed by atoms with Crippen molar-refractivity contribution in [3.63, 3.8) is 0 Å². The number of aromatic nitrogens is 2. The molecule has 0 saturated carbocycles. The number of nitrogens with zero attached hydrogens (tertiary/aromatic N) is 2. The van der Waals surface area contributed by atoms with Crippen LogP contribution in [0.5, 0.6) is 11.5 Å². The molecule has 0 aliphatic carbocycles. The fraction of sp³-hybridized carbons (Fsp3) is 0.391. The standard InChI is InChI=1S/C23H26N2O4/c1-17-24-19-6-2-3-7-20(19)25(17)12-4-13-29-23(26)11-9-18-8-10-21-22(16-18)28-15-5-14-27-21/h2-3,6-8,10,16H,4-5,9,11-15H2,1H3. The van der Waals surface area contributed by atoms with Crippen LogP contribution in [-0.2, 0) is 22.5 Å². The summed E-state index contributed by atoms with van der Waals surface area (Å²) in [7, 11) is 0. The van der Waals surface area contributed by atoms with Crippen molar-refractivity contribution in [3.8, 4) is 11.5 Å². The molecule has 0 bridgehead atoms. The van der Waals surface area contributed by atoms with Crippen LogP contribution >= 0.6 is 0 Å². The lowest BCUT2D eigenvalue weighted by Crippen LogP contribution is -2.10. The van der Waals surface area contributed by atoms with Crippen molar-refractivity contribution in [1.82, 2.24) is 9.55 Å². The van der Waals surface area contributed by atoms with E-state index in [2.05, 4.69) is 15.6 Å². The Bertz CT molecular complexity index is 996. The van der Waals surface area contributed by atoms with Crippen LogP contribution in [0.4, 0.5) is 0 Å². The minimum atomic E-state index is -0.177. The van der Waals surface area contributed by atoms with Gasteiger partial charge in [-0.05, 0) is 49.6 Å². The van der Waals surface area contributed by atoms with Crippen LogP contribution in [0.25, 0.3) is 11.0 Å². The highest BCUT2D eigenvalue weighted by atomic mass is 16.5. The van der Waals surface area contributed by atoms with E-state index < -0.39 is 0 Å². The molecule has 152 valence electrons. The third-order valence-electron chi connectivity index (χ3n) is 5.06. The van der Waals surface area contributed by atoms with E-state index in [9.17, 15) is 4.79 Å². The molecule has 2 aromatic carbocycles. The highest BCUT2D eigenvalue weighted by molar-refractivity contribution is 5.75. The molecule has 0 saturated heterocycles. The smallest absolute Gasteiger partial charge is 0.306 e. The Morgan fingerprint density at radius 3 is 2.86 bits per heavy atom. The molecular formula is C23H26N2O4. The first-order valence-corrected chi connectivity index (χ1v) is 10.2. The Balaban J connectivity index is 1.22. The molecule has 0 unspecified atom stereocenters. The van der Waals surface area contributed by atoms with Crippen LogP contribution in [-0.4, -0.2) is 35.3 Å². The number of imidazole rings is 1. The summed E-state index contributed by atoms with van der Waals surface area (Å²) in [5, 5.41) is 0. The van der Waals surface area contributed by atoms with Gasteiger partial charge in [-0.25, -0.2) is 4.98 Å². The molecule has 6 heteroatoms. The second-order valence-corrected chi connectivity index (χ2v) is 7.20. The number of fused-ring (bicyclic) bond motifs is 2. The number of esters is 1. The van der Waals surface area contributed by atoms with Crippen LogP contribution in [0.3, 0.4) is 0 Å². The maximum atomic E-state index is 12.1. The summed E-state index contributed by atoms with van der Waals surface area (Å²) in [6.45, 7) is 4.52. The molecule has 0 N–H and O–H groups in total. The first-order chi connectivity index (χ1) is 14.2. The summed E-state index contributed by atoms with van der Waals surface area (Å²) < 4.78 is 18.9. The van der Waals surface area contributed by atoms with E-state index in [0.717, 1.165) is 53.3 Å². The van der Waals surface area contributed by atoms with Crippen molar-refractivity contribution in [1.29, 1.82) is 0 Å². The van der Waals surface area contributed by atoms with Crippen molar-refractivity contribution in [2.24, 2.45) is 0 Å². The van der Waals surface area contributed by atoms with Crippen LogP contribution in [0, 0.1) is 6.92 Å². The molecule has 0 spiro atoms. The quantitative estimate of drug-likeness (QED) is 0.446. The van der Waals surface area contributed by atoms with Crippen LogP contribution in [0.2, 0.25) is 0 Å². The van der Waals surface area contributed by atoms with Crippen molar-refractivity contribution >= 4 is 17.0 Å². The van der Waals surface area contributed by atoms with Gasteiger partial charge in [0, 0.05) is 19.4 Å². The van der Waals surface area contributed by atoms with Gasteiger partial charge in [0.05, 0.1) is 30.9 Å². The average Bonchev–Trinajstić information content (AvgIpc) is 2.89. The van der Waals surface area contributed by atoms with Gasteiger partial charge in [0.15, 0.2) is 11.5 Å². The Kier molecular flexibility index (Phi) is 5.98. The minimum Gasteiger partial charge on any atom is -0.490 e. The van der Waals surface area contributed by atoms with Gasteiger partial charge in [-0.15, -0.1) is 0 Å². The predicted molar refractivity (Wildman–Crippen MR) is 110 cm³/mol. The second kappa shape index (κ2) is 8.99. The highest BCUT2D eigenvalue weighted by Gasteiger charge is 2.12. The topological polar surface area (TPSA) is 62.6 Å². The zero-order chi connectivity index (χ0) is 20.1. The third kappa shape index (κ3) is 4.70. The number of carbonyl (C=O) groups excluding carboxylic acids is 1.